The summed E-state index contributed by atoms with van der Waals surface area (Å²) in [5, 5.41) is 23.6. The van der Waals surface area contributed by atoms with Crippen LogP contribution in [-0.2, 0) is 36.4 Å². The third-order valence-corrected chi connectivity index (χ3v) is 6.97. The Morgan fingerprint density at radius 2 is 1.23 bits per heavy atom. The highest BCUT2D eigenvalue weighted by Crippen LogP contribution is 2.42. The number of hydrogen-bond acceptors (Lipinski definition) is 8. The lowest BCUT2D eigenvalue weighted by molar-refractivity contribution is 0.528. The van der Waals surface area contributed by atoms with E-state index in [2.05, 4.69) is 44.9 Å². The SMILES string of the molecule is CCCCn1nnnc1CN1c2ccccc2N(Cc2nnnn2CCCC)S1(=O)=O. The predicted molar refractivity (Wildman–Crippen MR) is 113 cm³/mol. The van der Waals surface area contributed by atoms with E-state index < -0.39 is 10.2 Å². The van der Waals surface area contributed by atoms with Gasteiger partial charge < -0.3 is 0 Å². The highest BCUT2D eigenvalue weighted by Gasteiger charge is 2.41. The second kappa shape index (κ2) is 8.96. The van der Waals surface area contributed by atoms with Crippen molar-refractivity contribution < 1.29 is 8.42 Å². The highest BCUT2D eigenvalue weighted by atomic mass is 32.2. The van der Waals surface area contributed by atoms with E-state index in [0.29, 0.717) is 36.1 Å². The van der Waals surface area contributed by atoms with E-state index in [-0.39, 0.29) is 13.1 Å². The Labute approximate surface area is 181 Å². The van der Waals surface area contributed by atoms with Crippen LogP contribution in [0.15, 0.2) is 24.3 Å². The number of benzene rings is 1. The molecule has 1 aliphatic rings. The zero-order chi connectivity index (χ0) is 21.8. The van der Waals surface area contributed by atoms with Crippen molar-refractivity contribution in [2.45, 2.75) is 65.7 Å². The molecule has 0 saturated carbocycles. The van der Waals surface area contributed by atoms with Crippen molar-refractivity contribution in [1.82, 2.24) is 40.4 Å². The zero-order valence-corrected chi connectivity index (χ0v) is 18.5. The number of aromatic nitrogens is 8. The molecule has 1 aromatic carbocycles. The van der Waals surface area contributed by atoms with Crippen LogP contribution in [0.4, 0.5) is 11.4 Å². The molecule has 0 radical (unpaired) electrons. The lowest BCUT2D eigenvalue weighted by Crippen LogP contribution is -2.38. The third kappa shape index (κ3) is 4.09. The van der Waals surface area contributed by atoms with Gasteiger partial charge in [0.15, 0.2) is 11.6 Å². The monoisotopic (exact) mass is 446 g/mol. The molecular formula is C18H26N10O2S. The molecule has 0 fully saturated rings. The van der Waals surface area contributed by atoms with Gasteiger partial charge in [0.25, 0.3) is 0 Å². The molecule has 166 valence electrons. The van der Waals surface area contributed by atoms with Crippen molar-refractivity contribution in [3.8, 4) is 0 Å². The van der Waals surface area contributed by atoms with E-state index in [0.717, 1.165) is 25.7 Å². The van der Waals surface area contributed by atoms with Gasteiger partial charge in [-0.15, -0.1) is 10.2 Å². The molecule has 0 atom stereocenters. The molecule has 3 aromatic rings. The molecule has 0 N–H and O–H groups in total. The lowest BCUT2D eigenvalue weighted by Gasteiger charge is -2.21. The molecule has 13 heteroatoms. The van der Waals surface area contributed by atoms with Crippen LogP contribution in [0.5, 0.6) is 0 Å². The summed E-state index contributed by atoms with van der Waals surface area (Å²) >= 11 is 0. The quantitative estimate of drug-likeness (QED) is 0.459. The molecule has 0 aliphatic carbocycles. The minimum atomic E-state index is -3.86. The number of fused-ring (bicyclic) bond motifs is 1. The summed E-state index contributed by atoms with van der Waals surface area (Å²) in [6, 6.07) is 7.20. The summed E-state index contributed by atoms with van der Waals surface area (Å²) in [5.41, 5.74) is 1.17. The molecule has 4 rings (SSSR count). The second-order valence-corrected chi connectivity index (χ2v) is 9.13. The van der Waals surface area contributed by atoms with Crippen LogP contribution in [0.1, 0.15) is 51.2 Å². The van der Waals surface area contributed by atoms with Crippen LogP contribution in [0, 0.1) is 0 Å². The van der Waals surface area contributed by atoms with E-state index in [1.165, 1.54) is 8.61 Å². The third-order valence-electron chi connectivity index (χ3n) is 5.21. The smallest absolute Gasteiger partial charge is 0.243 e. The Bertz CT molecular complexity index is 1040. The van der Waals surface area contributed by atoms with Crippen molar-refractivity contribution in [2.75, 3.05) is 8.61 Å². The number of unbranched alkanes of at least 4 members (excludes halogenated alkanes) is 2. The van der Waals surface area contributed by atoms with Crippen LogP contribution >= 0.6 is 0 Å². The number of tetrazole rings is 2. The molecule has 1 aliphatic heterocycles. The first-order valence-corrected chi connectivity index (χ1v) is 11.9. The first-order chi connectivity index (χ1) is 15.1. The maximum absolute atomic E-state index is 13.5. The summed E-state index contributed by atoms with van der Waals surface area (Å²) < 4.78 is 33.1. The number of nitrogens with zero attached hydrogens (tertiary/aromatic N) is 10. The molecule has 0 unspecified atom stereocenters. The molecule has 2 aromatic heterocycles. The summed E-state index contributed by atoms with van der Waals surface area (Å²) in [4.78, 5) is 0. The summed E-state index contributed by atoms with van der Waals surface area (Å²) in [6.07, 6.45) is 3.80. The van der Waals surface area contributed by atoms with E-state index in [1.54, 1.807) is 21.5 Å². The van der Waals surface area contributed by atoms with Crippen LogP contribution in [0.25, 0.3) is 0 Å². The van der Waals surface area contributed by atoms with Crippen molar-refractivity contribution in [3.05, 3.63) is 35.9 Å². The molecule has 31 heavy (non-hydrogen) atoms. The lowest BCUT2D eigenvalue weighted by atomic mass is 10.2. The van der Waals surface area contributed by atoms with Gasteiger partial charge in [-0.05, 0) is 45.8 Å². The maximum atomic E-state index is 13.5. The van der Waals surface area contributed by atoms with Gasteiger partial charge in [0.1, 0.15) is 0 Å². The molecule has 0 saturated heterocycles. The van der Waals surface area contributed by atoms with Gasteiger partial charge in [-0.1, -0.05) is 38.8 Å². The number of aryl methyl sites for hydroxylation is 2. The highest BCUT2D eigenvalue weighted by molar-refractivity contribution is 7.94. The van der Waals surface area contributed by atoms with Crippen molar-refractivity contribution >= 4 is 21.6 Å². The second-order valence-electron chi connectivity index (χ2n) is 7.35. The summed E-state index contributed by atoms with van der Waals surface area (Å²) in [7, 11) is -3.86. The number of anilines is 2. The van der Waals surface area contributed by atoms with Gasteiger partial charge in [-0.2, -0.15) is 8.42 Å². The van der Waals surface area contributed by atoms with Crippen molar-refractivity contribution in [3.63, 3.8) is 0 Å². The minimum absolute atomic E-state index is 0.0489. The average Bonchev–Trinajstić information content (AvgIpc) is 3.45. The Kier molecular flexibility index (Phi) is 6.11. The van der Waals surface area contributed by atoms with E-state index in [1.807, 2.05) is 12.1 Å². The van der Waals surface area contributed by atoms with Gasteiger partial charge >= 0.3 is 10.2 Å². The van der Waals surface area contributed by atoms with Gasteiger partial charge in [0.05, 0.1) is 24.5 Å². The van der Waals surface area contributed by atoms with Crippen LogP contribution in [0.3, 0.4) is 0 Å². The number of hydrogen-bond donors (Lipinski definition) is 0. The normalized spacial score (nSPS) is 14.9. The van der Waals surface area contributed by atoms with Crippen LogP contribution < -0.4 is 8.61 Å². The first-order valence-electron chi connectivity index (χ1n) is 10.5. The van der Waals surface area contributed by atoms with E-state index in [9.17, 15) is 8.42 Å². The maximum Gasteiger partial charge on any atom is 0.327 e. The Morgan fingerprint density at radius 1 is 0.774 bits per heavy atom. The van der Waals surface area contributed by atoms with E-state index >= 15 is 0 Å². The van der Waals surface area contributed by atoms with Gasteiger partial charge in [-0.3, -0.25) is 0 Å². The zero-order valence-electron chi connectivity index (χ0n) is 17.7. The first kappa shape index (κ1) is 21.2. The molecule has 3 heterocycles. The standard InChI is InChI=1S/C18H26N10O2S/c1-3-5-11-25-17(19-21-23-25)13-27-15-9-7-8-10-16(15)28(31(27,29)30)14-18-20-22-24-26(18)12-6-4-2/h7-10H,3-6,11-14H2,1-2H3. The molecule has 0 amide bonds. The van der Waals surface area contributed by atoms with E-state index in [4.69, 9.17) is 0 Å². The Hall–Kier alpha value is -3.09. The minimum Gasteiger partial charge on any atom is -0.243 e. The molecule has 0 bridgehead atoms. The van der Waals surface area contributed by atoms with Crippen molar-refractivity contribution in [1.29, 1.82) is 0 Å². The fraction of sp³-hybridized carbons (Fsp3) is 0.556. The topological polar surface area (TPSA) is 128 Å². The Morgan fingerprint density at radius 3 is 1.65 bits per heavy atom. The predicted octanol–water partition coefficient (Wildman–Crippen LogP) is 1.53. The fourth-order valence-corrected chi connectivity index (χ4v) is 5.08. The number of para-hydroxylation sites is 2. The van der Waals surface area contributed by atoms with Crippen LogP contribution in [-0.4, -0.2) is 48.8 Å². The summed E-state index contributed by atoms with van der Waals surface area (Å²) in [5.74, 6) is 1.00. The van der Waals surface area contributed by atoms with Crippen LogP contribution in [0.2, 0.25) is 0 Å². The average molecular weight is 447 g/mol. The Balaban J connectivity index is 1.64. The largest absolute Gasteiger partial charge is 0.327 e. The van der Waals surface area contributed by atoms with Gasteiger partial charge in [0, 0.05) is 13.1 Å². The molecule has 12 nitrogen and oxygen atoms in total. The van der Waals surface area contributed by atoms with Gasteiger partial charge in [-0.25, -0.2) is 18.0 Å². The molecular weight excluding hydrogens is 420 g/mol. The summed E-state index contributed by atoms with van der Waals surface area (Å²) in [6.45, 7) is 5.55. The fourth-order valence-electron chi connectivity index (χ4n) is 3.48. The number of rotatable bonds is 10. The molecule has 0 spiro atoms. The van der Waals surface area contributed by atoms with Gasteiger partial charge in [0.2, 0.25) is 0 Å². The van der Waals surface area contributed by atoms with Crippen molar-refractivity contribution in [2.24, 2.45) is 0 Å².